The Morgan fingerprint density at radius 3 is 2.20 bits per heavy atom. The SMILES string of the molecule is CC(Br)=C=N. The normalized spacial score (nSPS) is 6.00. The third-order valence-electron chi connectivity index (χ3n) is 0.172. The number of halogens is 1. The van der Waals surface area contributed by atoms with Crippen molar-refractivity contribution in [3.05, 3.63) is 4.48 Å². The molecule has 28 valence electrons. The summed E-state index contributed by atoms with van der Waals surface area (Å²) in [5.74, 6) is 2.11. The second kappa shape index (κ2) is 2.18. The molecule has 0 fully saturated rings. The molecule has 0 aliphatic heterocycles. The van der Waals surface area contributed by atoms with Crippen molar-refractivity contribution < 1.29 is 0 Å². The van der Waals surface area contributed by atoms with Crippen LogP contribution in [-0.4, -0.2) is 5.87 Å². The Morgan fingerprint density at radius 1 is 2.00 bits per heavy atom. The molecule has 2 heteroatoms. The molecule has 0 unspecified atom stereocenters. The Morgan fingerprint density at radius 2 is 2.20 bits per heavy atom. The highest BCUT2D eigenvalue weighted by Crippen LogP contribution is 1.92. The molecule has 0 heterocycles. The first-order valence-corrected chi connectivity index (χ1v) is 1.98. The molecule has 0 aliphatic carbocycles. The number of nitrogens with one attached hydrogen (secondary N) is 1. The van der Waals surface area contributed by atoms with Crippen LogP contribution in [0.25, 0.3) is 0 Å². The minimum absolute atomic E-state index is 0.734. The van der Waals surface area contributed by atoms with E-state index in [2.05, 4.69) is 21.8 Å². The van der Waals surface area contributed by atoms with Crippen LogP contribution in [0.5, 0.6) is 0 Å². The number of allylic oxidation sites excluding steroid dienone is 1. The van der Waals surface area contributed by atoms with Gasteiger partial charge in [0.2, 0.25) is 0 Å². The van der Waals surface area contributed by atoms with Gasteiger partial charge in [-0.15, -0.1) is 0 Å². The summed E-state index contributed by atoms with van der Waals surface area (Å²) in [6.07, 6.45) is 0. The van der Waals surface area contributed by atoms with Crippen LogP contribution in [0.4, 0.5) is 0 Å². The van der Waals surface area contributed by atoms with Gasteiger partial charge in [0.1, 0.15) is 0 Å². The number of hydrogen-bond acceptors (Lipinski definition) is 1. The lowest BCUT2D eigenvalue weighted by molar-refractivity contribution is 1.57. The van der Waals surface area contributed by atoms with Gasteiger partial charge in [-0.1, -0.05) is 0 Å². The summed E-state index contributed by atoms with van der Waals surface area (Å²) in [5.41, 5.74) is 0. The van der Waals surface area contributed by atoms with E-state index < -0.39 is 0 Å². The summed E-state index contributed by atoms with van der Waals surface area (Å²) in [6, 6.07) is 0. The fourth-order valence-corrected chi connectivity index (χ4v) is 0. The Balaban J connectivity index is 3.60. The highest BCUT2D eigenvalue weighted by molar-refractivity contribution is 9.11. The summed E-state index contributed by atoms with van der Waals surface area (Å²) in [7, 11) is 0. The van der Waals surface area contributed by atoms with Gasteiger partial charge in [-0.3, -0.25) is 5.41 Å². The van der Waals surface area contributed by atoms with Crippen molar-refractivity contribution in [3.8, 4) is 0 Å². The molecule has 0 rings (SSSR count). The smallest absolute Gasteiger partial charge is 0.0525 e. The van der Waals surface area contributed by atoms with Crippen molar-refractivity contribution in [2.75, 3.05) is 0 Å². The Bertz CT molecular complexity index is 67.0. The van der Waals surface area contributed by atoms with Crippen LogP contribution < -0.4 is 0 Å². The summed E-state index contributed by atoms with van der Waals surface area (Å²) >= 11 is 2.99. The maximum atomic E-state index is 6.32. The molecule has 0 aliphatic rings. The third-order valence-corrected chi connectivity index (χ3v) is 0.370. The standard InChI is InChI=1S/C3H4BrN/c1-3(4)2-5/h5H,1H3. The molecule has 5 heavy (non-hydrogen) atoms. The third kappa shape index (κ3) is 3.93. The lowest BCUT2D eigenvalue weighted by Crippen LogP contribution is -1.47. The molecular weight excluding hydrogens is 130 g/mol. The molecule has 0 aromatic carbocycles. The first-order valence-electron chi connectivity index (χ1n) is 1.19. The summed E-state index contributed by atoms with van der Waals surface area (Å²) in [6.45, 7) is 1.76. The van der Waals surface area contributed by atoms with Gasteiger partial charge >= 0.3 is 0 Å². The molecule has 0 spiro atoms. The molecular formula is C3H4BrN. The van der Waals surface area contributed by atoms with Crippen LogP contribution in [0.3, 0.4) is 0 Å². The maximum absolute atomic E-state index is 6.32. The molecule has 0 saturated carbocycles. The van der Waals surface area contributed by atoms with Gasteiger partial charge in [-0.25, -0.2) is 0 Å². The lowest BCUT2D eigenvalue weighted by atomic mass is 10.8. The molecule has 0 bridgehead atoms. The van der Waals surface area contributed by atoms with Crippen molar-refractivity contribution in [1.82, 2.24) is 0 Å². The molecule has 0 aromatic heterocycles. The zero-order valence-electron chi connectivity index (χ0n) is 2.88. The molecule has 0 aromatic rings. The van der Waals surface area contributed by atoms with E-state index in [0.29, 0.717) is 0 Å². The van der Waals surface area contributed by atoms with Crippen molar-refractivity contribution in [3.63, 3.8) is 0 Å². The van der Waals surface area contributed by atoms with Gasteiger partial charge in [0, 0.05) is 0 Å². The predicted molar refractivity (Wildman–Crippen MR) is 25.8 cm³/mol. The second-order valence-corrected chi connectivity index (χ2v) is 1.85. The largest absolute Gasteiger partial charge is 0.258 e. The summed E-state index contributed by atoms with van der Waals surface area (Å²) in [4.78, 5) is 0. The summed E-state index contributed by atoms with van der Waals surface area (Å²) < 4.78 is 0.734. The van der Waals surface area contributed by atoms with Crippen molar-refractivity contribution in [2.24, 2.45) is 0 Å². The van der Waals surface area contributed by atoms with Gasteiger partial charge < -0.3 is 0 Å². The van der Waals surface area contributed by atoms with E-state index in [0.717, 1.165) is 4.48 Å². The van der Waals surface area contributed by atoms with Crippen molar-refractivity contribution in [1.29, 1.82) is 5.41 Å². The van der Waals surface area contributed by atoms with Crippen LogP contribution in [-0.2, 0) is 0 Å². The zero-order valence-corrected chi connectivity index (χ0v) is 4.46. The average Bonchev–Trinajstić information content (AvgIpc) is 1.38. The maximum Gasteiger partial charge on any atom is 0.0525 e. The Labute approximate surface area is 39.3 Å². The van der Waals surface area contributed by atoms with E-state index in [1.54, 1.807) is 6.92 Å². The average molecular weight is 134 g/mol. The van der Waals surface area contributed by atoms with Gasteiger partial charge in [0.05, 0.1) is 4.48 Å². The van der Waals surface area contributed by atoms with Crippen LogP contribution >= 0.6 is 15.9 Å². The minimum atomic E-state index is 0.734. The first kappa shape index (κ1) is 4.93. The van der Waals surface area contributed by atoms with Crippen molar-refractivity contribution in [2.45, 2.75) is 6.92 Å². The van der Waals surface area contributed by atoms with E-state index >= 15 is 0 Å². The summed E-state index contributed by atoms with van der Waals surface area (Å²) in [5, 5.41) is 6.32. The zero-order chi connectivity index (χ0) is 4.28. The van der Waals surface area contributed by atoms with E-state index in [9.17, 15) is 0 Å². The van der Waals surface area contributed by atoms with E-state index in [4.69, 9.17) is 5.41 Å². The highest BCUT2D eigenvalue weighted by atomic mass is 79.9. The molecule has 0 radical (unpaired) electrons. The fraction of sp³-hybridized carbons (Fsp3) is 0.333. The van der Waals surface area contributed by atoms with Gasteiger partial charge in [-0.2, -0.15) is 0 Å². The fourth-order valence-electron chi connectivity index (χ4n) is 0. The lowest BCUT2D eigenvalue weighted by Gasteiger charge is -1.62. The quantitative estimate of drug-likeness (QED) is 0.485. The number of hydrogen-bond donors (Lipinski definition) is 1. The predicted octanol–water partition coefficient (Wildman–Crippen LogP) is 1.53. The molecule has 1 N–H and O–H groups in total. The Hall–Kier alpha value is -0.0700. The minimum Gasteiger partial charge on any atom is -0.258 e. The van der Waals surface area contributed by atoms with Gasteiger partial charge in [-0.05, 0) is 28.7 Å². The molecule has 0 amide bonds. The van der Waals surface area contributed by atoms with Crippen LogP contribution in [0.2, 0.25) is 0 Å². The van der Waals surface area contributed by atoms with E-state index in [1.165, 1.54) is 0 Å². The van der Waals surface area contributed by atoms with Crippen LogP contribution in [0, 0.1) is 5.41 Å². The van der Waals surface area contributed by atoms with Crippen LogP contribution in [0.1, 0.15) is 6.92 Å². The topological polar surface area (TPSA) is 23.9 Å². The van der Waals surface area contributed by atoms with E-state index in [1.807, 2.05) is 0 Å². The molecule has 1 nitrogen and oxygen atoms in total. The molecule has 0 saturated heterocycles. The van der Waals surface area contributed by atoms with Crippen LogP contribution in [0.15, 0.2) is 4.48 Å². The molecule has 0 atom stereocenters. The van der Waals surface area contributed by atoms with Crippen molar-refractivity contribution >= 4 is 21.8 Å². The monoisotopic (exact) mass is 133 g/mol. The van der Waals surface area contributed by atoms with Gasteiger partial charge in [0.25, 0.3) is 0 Å². The van der Waals surface area contributed by atoms with E-state index in [-0.39, 0.29) is 0 Å². The second-order valence-electron chi connectivity index (χ2n) is 0.658. The first-order chi connectivity index (χ1) is 2.27. The number of rotatable bonds is 0. The van der Waals surface area contributed by atoms with Gasteiger partial charge in [0.15, 0.2) is 0 Å². The highest BCUT2D eigenvalue weighted by Gasteiger charge is 1.63. The Kier molecular flexibility index (Phi) is 2.15.